The number of ether oxygens (including phenoxy) is 1. The number of hydrogen-bond donors (Lipinski definition) is 0. The molecule has 0 aliphatic carbocycles. The normalized spacial score (nSPS) is 11.9. The maximum Gasteiger partial charge on any atom is 0.336 e. The van der Waals surface area contributed by atoms with Gasteiger partial charge in [0.15, 0.2) is 0 Å². The minimum Gasteiger partial charge on any atom is -0.458 e. The molecular formula is C20H22O4. The van der Waals surface area contributed by atoms with E-state index in [4.69, 9.17) is 9.15 Å². The molecule has 0 spiro atoms. The smallest absolute Gasteiger partial charge is 0.336 e. The Balaban J connectivity index is 2.36. The van der Waals surface area contributed by atoms with Gasteiger partial charge in [-0.15, -0.1) is 0 Å². The second-order valence-electron chi connectivity index (χ2n) is 5.94. The summed E-state index contributed by atoms with van der Waals surface area (Å²) in [6.45, 7) is 8.10. The summed E-state index contributed by atoms with van der Waals surface area (Å²) in [6.07, 6.45) is 6.51. The van der Waals surface area contributed by atoms with Crippen LogP contribution in [-0.2, 0) is 16.1 Å². The third-order valence-electron chi connectivity index (χ3n) is 3.74. The first-order valence-electron chi connectivity index (χ1n) is 7.95. The second-order valence-corrected chi connectivity index (χ2v) is 5.94. The van der Waals surface area contributed by atoms with Crippen molar-refractivity contribution in [2.24, 2.45) is 0 Å². The Morgan fingerprint density at radius 3 is 2.67 bits per heavy atom. The highest BCUT2D eigenvalue weighted by molar-refractivity contribution is 5.84. The van der Waals surface area contributed by atoms with Gasteiger partial charge in [-0.1, -0.05) is 32.1 Å². The first-order valence-corrected chi connectivity index (χ1v) is 7.95. The third-order valence-corrected chi connectivity index (χ3v) is 3.74. The van der Waals surface area contributed by atoms with Gasteiger partial charge in [0.25, 0.3) is 0 Å². The number of carbonyl (C=O) groups excluding carboxylic acids is 1. The van der Waals surface area contributed by atoms with E-state index in [1.807, 2.05) is 32.1 Å². The fourth-order valence-corrected chi connectivity index (χ4v) is 2.58. The molecule has 24 heavy (non-hydrogen) atoms. The van der Waals surface area contributed by atoms with Gasteiger partial charge in [-0.2, -0.15) is 0 Å². The van der Waals surface area contributed by atoms with Crippen LogP contribution in [0.3, 0.4) is 0 Å². The van der Waals surface area contributed by atoms with Crippen LogP contribution in [0.4, 0.5) is 0 Å². The van der Waals surface area contributed by atoms with Crippen LogP contribution in [0, 0.1) is 6.92 Å². The van der Waals surface area contributed by atoms with E-state index in [1.165, 1.54) is 17.7 Å². The van der Waals surface area contributed by atoms with Crippen LogP contribution in [0.2, 0.25) is 0 Å². The fourth-order valence-electron chi connectivity index (χ4n) is 2.58. The van der Waals surface area contributed by atoms with Crippen molar-refractivity contribution in [1.82, 2.24) is 0 Å². The van der Waals surface area contributed by atoms with Crippen molar-refractivity contribution in [2.75, 3.05) is 0 Å². The number of fused-ring (bicyclic) bond motifs is 1. The second kappa shape index (κ2) is 7.77. The van der Waals surface area contributed by atoms with Crippen molar-refractivity contribution in [3.63, 3.8) is 0 Å². The van der Waals surface area contributed by atoms with Crippen LogP contribution in [-0.4, -0.2) is 5.97 Å². The lowest BCUT2D eigenvalue weighted by molar-refractivity contribution is -0.138. The molecule has 0 aliphatic rings. The summed E-state index contributed by atoms with van der Waals surface area (Å²) in [6, 6.07) is 5.26. The average molecular weight is 326 g/mol. The molecule has 0 amide bonds. The zero-order valence-corrected chi connectivity index (χ0v) is 14.5. The molecule has 0 aliphatic heterocycles. The monoisotopic (exact) mass is 326 g/mol. The average Bonchev–Trinajstić information content (AvgIpc) is 2.51. The maximum atomic E-state index is 11.8. The highest BCUT2D eigenvalue weighted by Crippen LogP contribution is 2.27. The molecule has 0 atom stereocenters. The van der Waals surface area contributed by atoms with Crippen LogP contribution in [0.15, 0.2) is 51.7 Å². The van der Waals surface area contributed by atoms with Gasteiger partial charge >= 0.3 is 11.6 Å². The van der Waals surface area contributed by atoms with E-state index in [2.05, 4.69) is 13.8 Å². The van der Waals surface area contributed by atoms with E-state index >= 15 is 0 Å². The summed E-state index contributed by atoms with van der Waals surface area (Å²) in [5.41, 5.74) is 2.96. The molecule has 126 valence electrons. The molecule has 1 aromatic carbocycles. The van der Waals surface area contributed by atoms with E-state index in [0.29, 0.717) is 17.1 Å². The van der Waals surface area contributed by atoms with Gasteiger partial charge in [-0.3, -0.25) is 0 Å². The van der Waals surface area contributed by atoms with E-state index < -0.39 is 11.6 Å². The van der Waals surface area contributed by atoms with Crippen molar-refractivity contribution in [2.45, 2.75) is 40.2 Å². The molecule has 0 radical (unpaired) electrons. The fraction of sp³-hybridized carbons (Fsp3) is 0.300. The number of carbonyl (C=O) groups is 1. The first kappa shape index (κ1) is 17.7. The van der Waals surface area contributed by atoms with Crippen molar-refractivity contribution < 1.29 is 13.9 Å². The van der Waals surface area contributed by atoms with E-state index in [0.717, 1.165) is 10.9 Å². The number of benzene rings is 1. The summed E-state index contributed by atoms with van der Waals surface area (Å²) in [7, 11) is 0. The Kier molecular flexibility index (Phi) is 5.74. The lowest BCUT2D eigenvalue weighted by Gasteiger charge is -2.13. The Hall–Kier alpha value is -2.62. The van der Waals surface area contributed by atoms with Gasteiger partial charge in [0, 0.05) is 23.1 Å². The molecule has 2 aromatic rings. The molecule has 4 nitrogen and oxygen atoms in total. The largest absolute Gasteiger partial charge is 0.458 e. The number of allylic oxidation sites excluding steroid dienone is 3. The Bertz CT molecular complexity index is 854. The predicted molar refractivity (Wildman–Crippen MR) is 95.1 cm³/mol. The number of aryl methyl sites for hydroxylation is 1. The molecule has 0 saturated heterocycles. The van der Waals surface area contributed by atoms with Crippen LogP contribution < -0.4 is 5.63 Å². The lowest BCUT2D eigenvalue weighted by Crippen LogP contribution is -2.06. The van der Waals surface area contributed by atoms with Crippen LogP contribution in [0.25, 0.3) is 11.0 Å². The van der Waals surface area contributed by atoms with E-state index in [9.17, 15) is 9.59 Å². The molecular weight excluding hydrogens is 304 g/mol. The standard InChI is InChI=1S/C20H22O4/c1-5-6-7-8-19(21)23-12-15-10-20(22)24-18-9-14(4)16(13(2)3)11-17(15)18/h5-11,13H,12H2,1-4H3/b6-5+,8-7+. The summed E-state index contributed by atoms with van der Waals surface area (Å²) >= 11 is 0. The summed E-state index contributed by atoms with van der Waals surface area (Å²) in [4.78, 5) is 23.5. The first-order chi connectivity index (χ1) is 11.4. The van der Waals surface area contributed by atoms with Crippen molar-refractivity contribution in [3.05, 3.63) is 69.6 Å². The van der Waals surface area contributed by atoms with Gasteiger partial charge in [-0.05, 0) is 43.0 Å². The highest BCUT2D eigenvalue weighted by Gasteiger charge is 2.12. The molecule has 0 saturated carbocycles. The minimum absolute atomic E-state index is 0.0295. The van der Waals surface area contributed by atoms with Gasteiger partial charge < -0.3 is 9.15 Å². The van der Waals surface area contributed by atoms with Crippen molar-refractivity contribution in [1.29, 1.82) is 0 Å². The molecule has 1 heterocycles. The van der Waals surface area contributed by atoms with Crippen molar-refractivity contribution >= 4 is 16.9 Å². The number of esters is 1. The van der Waals surface area contributed by atoms with Crippen LogP contribution in [0.1, 0.15) is 43.4 Å². The summed E-state index contributed by atoms with van der Waals surface area (Å²) in [5.74, 6) is -0.105. The van der Waals surface area contributed by atoms with Gasteiger partial charge in [-0.25, -0.2) is 9.59 Å². The van der Waals surface area contributed by atoms with E-state index in [-0.39, 0.29) is 6.61 Å². The summed E-state index contributed by atoms with van der Waals surface area (Å²) in [5, 5.41) is 0.800. The Morgan fingerprint density at radius 1 is 1.25 bits per heavy atom. The summed E-state index contributed by atoms with van der Waals surface area (Å²) < 4.78 is 10.5. The van der Waals surface area contributed by atoms with Gasteiger partial charge in [0.05, 0.1) is 0 Å². The zero-order chi connectivity index (χ0) is 17.7. The Morgan fingerprint density at radius 2 is 2.00 bits per heavy atom. The zero-order valence-electron chi connectivity index (χ0n) is 14.5. The van der Waals surface area contributed by atoms with Crippen molar-refractivity contribution in [3.8, 4) is 0 Å². The predicted octanol–water partition coefficient (Wildman–Crippen LogP) is 4.40. The Labute approximate surface area is 141 Å². The molecule has 1 aromatic heterocycles. The van der Waals surface area contributed by atoms with Gasteiger partial charge in [0.1, 0.15) is 12.2 Å². The molecule has 0 N–H and O–H groups in total. The molecule has 2 rings (SSSR count). The molecule has 4 heteroatoms. The quantitative estimate of drug-likeness (QED) is 0.354. The van der Waals surface area contributed by atoms with Crippen LogP contribution in [0.5, 0.6) is 0 Å². The lowest BCUT2D eigenvalue weighted by atomic mass is 9.95. The van der Waals surface area contributed by atoms with Gasteiger partial charge in [0.2, 0.25) is 0 Å². The highest BCUT2D eigenvalue weighted by atomic mass is 16.5. The van der Waals surface area contributed by atoms with Crippen LogP contribution >= 0.6 is 0 Å². The minimum atomic E-state index is -0.453. The number of rotatable bonds is 5. The molecule has 0 fully saturated rings. The third kappa shape index (κ3) is 4.22. The topological polar surface area (TPSA) is 56.5 Å². The molecule has 0 unspecified atom stereocenters. The SMILES string of the molecule is C/C=C/C=C/C(=O)OCc1cc(=O)oc2cc(C)c(C(C)C)cc12. The molecule has 0 bridgehead atoms. The van der Waals surface area contributed by atoms with E-state index in [1.54, 1.807) is 12.2 Å². The maximum absolute atomic E-state index is 11.8. The number of hydrogen-bond acceptors (Lipinski definition) is 4.